The van der Waals surface area contributed by atoms with Gasteiger partial charge in [-0.05, 0) is 24.7 Å². The predicted octanol–water partition coefficient (Wildman–Crippen LogP) is 1.23. The van der Waals surface area contributed by atoms with Gasteiger partial charge in [-0.1, -0.05) is 13.8 Å². The fourth-order valence-corrected chi connectivity index (χ4v) is 3.49. The van der Waals surface area contributed by atoms with Gasteiger partial charge < -0.3 is 9.64 Å². The van der Waals surface area contributed by atoms with Gasteiger partial charge >= 0.3 is 6.03 Å². The molecule has 3 aliphatic heterocycles. The number of nitrogens with zero attached hydrogens (tertiary/aromatic N) is 2. The van der Waals surface area contributed by atoms with Crippen molar-refractivity contribution in [3.63, 3.8) is 0 Å². The Morgan fingerprint density at radius 1 is 1.33 bits per heavy atom. The second-order valence-corrected chi connectivity index (χ2v) is 6.20. The molecular formula is C13H20N2O3. The van der Waals surface area contributed by atoms with E-state index in [9.17, 15) is 9.59 Å². The van der Waals surface area contributed by atoms with Gasteiger partial charge in [-0.25, -0.2) is 4.79 Å². The van der Waals surface area contributed by atoms with E-state index in [1.165, 1.54) is 4.90 Å². The number of fused-ring (bicyclic) bond motifs is 1. The third-order valence-corrected chi connectivity index (χ3v) is 4.47. The average Bonchev–Trinajstić information content (AvgIpc) is 2.87. The van der Waals surface area contributed by atoms with Crippen LogP contribution >= 0.6 is 0 Å². The van der Waals surface area contributed by atoms with Gasteiger partial charge in [0, 0.05) is 13.2 Å². The molecule has 0 N–H and O–H groups in total. The highest BCUT2D eigenvalue weighted by Crippen LogP contribution is 2.40. The summed E-state index contributed by atoms with van der Waals surface area (Å²) in [5.41, 5.74) is -0.112. The topological polar surface area (TPSA) is 49.9 Å². The molecule has 5 nitrogen and oxygen atoms in total. The molecule has 0 saturated carbocycles. The van der Waals surface area contributed by atoms with Crippen molar-refractivity contribution in [3.05, 3.63) is 0 Å². The van der Waals surface area contributed by atoms with E-state index in [2.05, 4.69) is 13.8 Å². The normalized spacial score (nSPS) is 35.2. The molecule has 0 spiro atoms. The number of amides is 3. The van der Waals surface area contributed by atoms with Crippen LogP contribution in [-0.4, -0.2) is 53.6 Å². The molecule has 0 radical (unpaired) electrons. The van der Waals surface area contributed by atoms with Crippen LogP contribution in [0.5, 0.6) is 0 Å². The predicted molar refractivity (Wildman–Crippen MR) is 65.0 cm³/mol. The lowest BCUT2D eigenvalue weighted by atomic mass is 9.77. The summed E-state index contributed by atoms with van der Waals surface area (Å²) in [6, 6.07) is -0.418. The number of rotatable bonds is 1. The smallest absolute Gasteiger partial charge is 0.327 e. The Hall–Kier alpha value is -1.10. The van der Waals surface area contributed by atoms with E-state index in [4.69, 9.17) is 4.74 Å². The van der Waals surface area contributed by atoms with Gasteiger partial charge in [-0.15, -0.1) is 0 Å². The molecular weight excluding hydrogens is 232 g/mol. The van der Waals surface area contributed by atoms with Crippen molar-refractivity contribution < 1.29 is 14.3 Å². The molecule has 2 atom stereocenters. The minimum Gasteiger partial charge on any atom is -0.379 e. The van der Waals surface area contributed by atoms with E-state index >= 15 is 0 Å². The minimum atomic E-state index is -0.264. The SMILES string of the molecule is CC1(C)CCCN2C(=O)N(C3CCOC3)C(=O)C21. The summed E-state index contributed by atoms with van der Waals surface area (Å²) in [5, 5.41) is 0. The summed E-state index contributed by atoms with van der Waals surface area (Å²) < 4.78 is 5.31. The van der Waals surface area contributed by atoms with Crippen LogP contribution in [0.1, 0.15) is 33.1 Å². The third-order valence-electron chi connectivity index (χ3n) is 4.47. The van der Waals surface area contributed by atoms with Gasteiger partial charge in [0.1, 0.15) is 6.04 Å². The molecule has 0 aliphatic carbocycles. The second kappa shape index (κ2) is 3.95. The van der Waals surface area contributed by atoms with Crippen molar-refractivity contribution in [2.45, 2.75) is 45.2 Å². The number of hydrogen-bond acceptors (Lipinski definition) is 3. The zero-order valence-electron chi connectivity index (χ0n) is 11.0. The molecule has 3 amide bonds. The van der Waals surface area contributed by atoms with Gasteiger partial charge in [0.25, 0.3) is 5.91 Å². The first kappa shape index (κ1) is 12.0. The minimum absolute atomic E-state index is 0.0137. The second-order valence-electron chi connectivity index (χ2n) is 6.20. The van der Waals surface area contributed by atoms with Crippen molar-refractivity contribution in [1.29, 1.82) is 0 Å². The van der Waals surface area contributed by atoms with Crippen molar-refractivity contribution in [3.8, 4) is 0 Å². The van der Waals surface area contributed by atoms with Crippen LogP contribution < -0.4 is 0 Å². The summed E-state index contributed by atoms with van der Waals surface area (Å²) in [6.07, 6.45) is 2.76. The van der Waals surface area contributed by atoms with Crippen LogP contribution in [0.25, 0.3) is 0 Å². The van der Waals surface area contributed by atoms with E-state index in [-0.39, 0.29) is 29.4 Å². The fourth-order valence-electron chi connectivity index (χ4n) is 3.49. The molecule has 3 fully saturated rings. The molecule has 0 bridgehead atoms. The van der Waals surface area contributed by atoms with Crippen LogP contribution in [0.15, 0.2) is 0 Å². The maximum absolute atomic E-state index is 12.6. The molecule has 100 valence electrons. The van der Waals surface area contributed by atoms with E-state index in [1.54, 1.807) is 4.90 Å². The van der Waals surface area contributed by atoms with Crippen molar-refractivity contribution >= 4 is 11.9 Å². The van der Waals surface area contributed by atoms with Crippen LogP contribution in [0.4, 0.5) is 4.79 Å². The number of carbonyl (C=O) groups is 2. The highest BCUT2D eigenvalue weighted by atomic mass is 16.5. The van der Waals surface area contributed by atoms with Crippen LogP contribution in [0.2, 0.25) is 0 Å². The number of imide groups is 1. The van der Waals surface area contributed by atoms with Crippen molar-refractivity contribution in [2.24, 2.45) is 5.41 Å². The highest BCUT2D eigenvalue weighted by molar-refractivity contribution is 6.05. The Kier molecular flexibility index (Phi) is 2.62. The molecule has 0 aromatic heterocycles. The van der Waals surface area contributed by atoms with E-state index in [0.717, 1.165) is 19.3 Å². The molecule has 3 aliphatic rings. The number of hydrogen-bond donors (Lipinski definition) is 0. The number of ether oxygens (including phenoxy) is 1. The molecule has 3 heterocycles. The monoisotopic (exact) mass is 252 g/mol. The summed E-state index contributed by atoms with van der Waals surface area (Å²) in [5.74, 6) is -0.0137. The lowest BCUT2D eigenvalue weighted by Crippen LogP contribution is -2.49. The Morgan fingerprint density at radius 2 is 2.11 bits per heavy atom. The molecule has 3 saturated heterocycles. The lowest BCUT2D eigenvalue weighted by molar-refractivity contribution is -0.133. The summed E-state index contributed by atoms with van der Waals surface area (Å²) in [6.45, 7) is 6.03. The van der Waals surface area contributed by atoms with Crippen molar-refractivity contribution in [2.75, 3.05) is 19.8 Å². The Bertz CT molecular complexity index is 388. The van der Waals surface area contributed by atoms with E-state index in [1.807, 2.05) is 0 Å². The average molecular weight is 252 g/mol. The van der Waals surface area contributed by atoms with Crippen LogP contribution in [-0.2, 0) is 9.53 Å². The quantitative estimate of drug-likeness (QED) is 0.659. The first-order chi connectivity index (χ1) is 8.52. The van der Waals surface area contributed by atoms with Gasteiger partial charge in [-0.3, -0.25) is 9.69 Å². The maximum atomic E-state index is 12.6. The molecule has 18 heavy (non-hydrogen) atoms. The molecule has 2 unspecified atom stereocenters. The summed E-state index contributed by atoms with van der Waals surface area (Å²) in [7, 11) is 0. The van der Waals surface area contributed by atoms with Crippen molar-refractivity contribution in [1.82, 2.24) is 9.80 Å². The van der Waals surface area contributed by atoms with Crippen LogP contribution in [0, 0.1) is 5.41 Å². The lowest BCUT2D eigenvalue weighted by Gasteiger charge is -2.39. The zero-order chi connectivity index (χ0) is 12.9. The van der Waals surface area contributed by atoms with E-state index < -0.39 is 0 Å². The first-order valence-electron chi connectivity index (χ1n) is 6.74. The summed E-state index contributed by atoms with van der Waals surface area (Å²) in [4.78, 5) is 28.2. The number of carbonyl (C=O) groups excluding carboxylic acids is 2. The number of piperidine rings is 1. The molecule has 3 rings (SSSR count). The molecule has 5 heteroatoms. The highest BCUT2D eigenvalue weighted by Gasteiger charge is 2.55. The number of urea groups is 1. The molecule has 0 aromatic rings. The van der Waals surface area contributed by atoms with Crippen LogP contribution in [0.3, 0.4) is 0 Å². The summed E-state index contributed by atoms with van der Waals surface area (Å²) >= 11 is 0. The van der Waals surface area contributed by atoms with Gasteiger partial charge in [0.05, 0.1) is 12.6 Å². The Balaban J connectivity index is 1.91. The van der Waals surface area contributed by atoms with Gasteiger partial charge in [0.15, 0.2) is 0 Å². The van der Waals surface area contributed by atoms with E-state index in [0.29, 0.717) is 19.8 Å². The molecule has 0 aromatic carbocycles. The Morgan fingerprint density at radius 3 is 2.72 bits per heavy atom. The first-order valence-corrected chi connectivity index (χ1v) is 6.74. The zero-order valence-corrected chi connectivity index (χ0v) is 11.0. The van der Waals surface area contributed by atoms with Gasteiger partial charge in [0.2, 0.25) is 0 Å². The van der Waals surface area contributed by atoms with Gasteiger partial charge in [-0.2, -0.15) is 0 Å². The Labute approximate surface area is 107 Å². The standard InChI is InChI=1S/C13H20N2O3/c1-13(2)5-3-6-14-10(13)11(16)15(12(14)17)9-4-7-18-8-9/h9-10H,3-8H2,1-2H3. The largest absolute Gasteiger partial charge is 0.379 e. The maximum Gasteiger partial charge on any atom is 0.327 e. The fraction of sp³-hybridized carbons (Fsp3) is 0.846. The third kappa shape index (κ3) is 1.56.